The summed E-state index contributed by atoms with van der Waals surface area (Å²) in [6, 6.07) is -0.936. The molecule has 18 heavy (non-hydrogen) atoms. The summed E-state index contributed by atoms with van der Waals surface area (Å²) in [5.41, 5.74) is 0. The van der Waals surface area contributed by atoms with Gasteiger partial charge in [0.2, 0.25) is 5.91 Å². The third kappa shape index (κ3) is 7.24. The summed E-state index contributed by atoms with van der Waals surface area (Å²) < 4.78 is 0. The maximum atomic E-state index is 11.6. The molecule has 0 aromatic carbocycles. The normalized spacial score (nSPS) is 13.8. The molecule has 6 heteroatoms. The Hall–Kier alpha value is -1.14. The highest BCUT2D eigenvalue weighted by Gasteiger charge is 2.16. The van der Waals surface area contributed by atoms with Gasteiger partial charge in [-0.05, 0) is 32.2 Å². The molecule has 2 atom stereocenters. The molecular weight excluding hydrogens is 234 g/mol. The van der Waals surface area contributed by atoms with Crippen LogP contribution in [0.3, 0.4) is 0 Å². The van der Waals surface area contributed by atoms with Crippen molar-refractivity contribution >= 4 is 11.9 Å². The molecule has 0 radical (unpaired) electrons. The molecule has 106 valence electrons. The summed E-state index contributed by atoms with van der Waals surface area (Å²) in [6.07, 6.45) is 2.78. The fourth-order valence-electron chi connectivity index (χ4n) is 1.66. The van der Waals surface area contributed by atoms with Crippen LogP contribution in [0.2, 0.25) is 0 Å². The molecule has 0 aromatic rings. The molecule has 0 rings (SSSR count). The van der Waals surface area contributed by atoms with Gasteiger partial charge in [-0.3, -0.25) is 10.1 Å². The van der Waals surface area contributed by atoms with Gasteiger partial charge in [-0.1, -0.05) is 13.3 Å². The van der Waals surface area contributed by atoms with Gasteiger partial charge in [0.05, 0.1) is 6.04 Å². The summed E-state index contributed by atoms with van der Waals surface area (Å²) in [5, 5.41) is 16.5. The predicted molar refractivity (Wildman–Crippen MR) is 70.2 cm³/mol. The Morgan fingerprint density at radius 2 is 1.94 bits per heavy atom. The molecule has 0 saturated heterocycles. The second-order valence-electron chi connectivity index (χ2n) is 4.37. The first kappa shape index (κ1) is 16.9. The van der Waals surface area contributed by atoms with E-state index in [2.05, 4.69) is 22.9 Å². The first-order valence-corrected chi connectivity index (χ1v) is 6.41. The first-order valence-electron chi connectivity index (χ1n) is 6.41. The summed E-state index contributed by atoms with van der Waals surface area (Å²) in [4.78, 5) is 22.5. The van der Waals surface area contributed by atoms with Crippen LogP contribution in [0.1, 0.15) is 33.1 Å². The number of carbonyl (C=O) groups excluding carboxylic acids is 2. The van der Waals surface area contributed by atoms with Gasteiger partial charge in [0, 0.05) is 13.7 Å². The van der Waals surface area contributed by atoms with E-state index in [-0.39, 0.29) is 12.5 Å². The molecule has 0 heterocycles. The lowest BCUT2D eigenvalue weighted by atomic mass is 10.00. The van der Waals surface area contributed by atoms with E-state index in [1.54, 1.807) is 6.92 Å². The van der Waals surface area contributed by atoms with Crippen LogP contribution < -0.4 is 16.0 Å². The van der Waals surface area contributed by atoms with Gasteiger partial charge >= 0.3 is 6.03 Å². The van der Waals surface area contributed by atoms with Crippen molar-refractivity contribution in [3.8, 4) is 0 Å². The standard InChI is InChI=1S/C12H25N3O3/c1-4-5-10(6-7-16)8-14-9(2)11(17)15-12(18)13-3/h9-10,14,16H,4-8H2,1-3H3,(H2,13,15,17,18). The summed E-state index contributed by atoms with van der Waals surface area (Å²) in [6.45, 7) is 4.62. The van der Waals surface area contributed by atoms with E-state index in [0.29, 0.717) is 12.5 Å². The zero-order valence-corrected chi connectivity index (χ0v) is 11.5. The van der Waals surface area contributed by atoms with E-state index in [1.807, 2.05) is 0 Å². The highest BCUT2D eigenvalue weighted by atomic mass is 16.3. The second-order valence-corrected chi connectivity index (χ2v) is 4.37. The van der Waals surface area contributed by atoms with E-state index < -0.39 is 12.1 Å². The number of urea groups is 1. The van der Waals surface area contributed by atoms with Gasteiger partial charge < -0.3 is 15.7 Å². The van der Waals surface area contributed by atoms with Crippen LogP contribution in [0, 0.1) is 5.92 Å². The van der Waals surface area contributed by atoms with E-state index in [9.17, 15) is 9.59 Å². The van der Waals surface area contributed by atoms with Crippen molar-refractivity contribution in [1.29, 1.82) is 0 Å². The minimum Gasteiger partial charge on any atom is -0.396 e. The van der Waals surface area contributed by atoms with E-state index in [4.69, 9.17) is 5.11 Å². The van der Waals surface area contributed by atoms with Gasteiger partial charge in [-0.2, -0.15) is 0 Å². The number of aliphatic hydroxyl groups is 1. The molecule has 0 aliphatic rings. The molecule has 3 amide bonds. The Kier molecular flexibility index (Phi) is 9.22. The van der Waals surface area contributed by atoms with Crippen LogP contribution in [0.25, 0.3) is 0 Å². The molecule has 0 aromatic heterocycles. The zero-order valence-electron chi connectivity index (χ0n) is 11.5. The summed E-state index contributed by atoms with van der Waals surface area (Å²) in [7, 11) is 1.46. The van der Waals surface area contributed by atoms with Crippen molar-refractivity contribution in [2.45, 2.75) is 39.2 Å². The average molecular weight is 259 g/mol. The Balaban J connectivity index is 4.01. The molecular formula is C12H25N3O3. The predicted octanol–water partition coefficient (Wildman–Crippen LogP) is 0.219. The van der Waals surface area contributed by atoms with E-state index in [0.717, 1.165) is 19.3 Å². The third-order valence-electron chi connectivity index (χ3n) is 2.80. The summed E-state index contributed by atoms with van der Waals surface area (Å²) in [5.74, 6) is 0.00356. The van der Waals surface area contributed by atoms with Crippen molar-refractivity contribution in [1.82, 2.24) is 16.0 Å². The minimum absolute atomic E-state index is 0.158. The fraction of sp³-hybridized carbons (Fsp3) is 0.833. The first-order chi connectivity index (χ1) is 8.54. The number of imide groups is 1. The monoisotopic (exact) mass is 259 g/mol. The van der Waals surface area contributed by atoms with Crippen LogP contribution in [-0.4, -0.2) is 43.3 Å². The zero-order chi connectivity index (χ0) is 14.0. The molecule has 0 saturated carbocycles. The Morgan fingerprint density at radius 1 is 1.28 bits per heavy atom. The largest absolute Gasteiger partial charge is 0.396 e. The number of aliphatic hydroxyl groups excluding tert-OH is 1. The quantitative estimate of drug-likeness (QED) is 0.502. The number of carbonyl (C=O) groups is 2. The van der Waals surface area contributed by atoms with Crippen molar-refractivity contribution < 1.29 is 14.7 Å². The number of rotatable bonds is 8. The van der Waals surface area contributed by atoms with Gasteiger partial charge in [0.25, 0.3) is 0 Å². The number of nitrogens with one attached hydrogen (secondary N) is 3. The van der Waals surface area contributed by atoms with Crippen molar-refractivity contribution in [2.24, 2.45) is 5.92 Å². The Bertz CT molecular complexity index is 253. The van der Waals surface area contributed by atoms with E-state index >= 15 is 0 Å². The van der Waals surface area contributed by atoms with Crippen molar-refractivity contribution in [2.75, 3.05) is 20.2 Å². The molecule has 0 aliphatic carbocycles. The van der Waals surface area contributed by atoms with Gasteiger partial charge in [-0.25, -0.2) is 4.79 Å². The van der Waals surface area contributed by atoms with Crippen molar-refractivity contribution in [3.63, 3.8) is 0 Å². The molecule has 6 nitrogen and oxygen atoms in total. The third-order valence-corrected chi connectivity index (χ3v) is 2.80. The molecule has 0 aliphatic heterocycles. The fourth-order valence-corrected chi connectivity index (χ4v) is 1.66. The molecule has 4 N–H and O–H groups in total. The highest BCUT2D eigenvalue weighted by molar-refractivity contribution is 5.96. The van der Waals surface area contributed by atoms with Crippen LogP contribution in [0.5, 0.6) is 0 Å². The Labute approximate surface area is 109 Å². The minimum atomic E-state index is -0.505. The lowest BCUT2D eigenvalue weighted by molar-refractivity contribution is -0.121. The highest BCUT2D eigenvalue weighted by Crippen LogP contribution is 2.09. The second kappa shape index (κ2) is 9.85. The molecule has 0 spiro atoms. The lowest BCUT2D eigenvalue weighted by Crippen LogP contribution is -2.48. The van der Waals surface area contributed by atoms with Crippen LogP contribution in [-0.2, 0) is 4.79 Å². The topological polar surface area (TPSA) is 90.5 Å². The van der Waals surface area contributed by atoms with Crippen LogP contribution in [0.15, 0.2) is 0 Å². The van der Waals surface area contributed by atoms with E-state index in [1.165, 1.54) is 7.05 Å². The van der Waals surface area contributed by atoms with Gasteiger partial charge in [-0.15, -0.1) is 0 Å². The Morgan fingerprint density at radius 3 is 2.44 bits per heavy atom. The number of amides is 3. The number of hydrogen-bond donors (Lipinski definition) is 4. The smallest absolute Gasteiger partial charge is 0.321 e. The molecule has 2 unspecified atom stereocenters. The van der Waals surface area contributed by atoms with Gasteiger partial charge in [0.15, 0.2) is 0 Å². The maximum Gasteiger partial charge on any atom is 0.321 e. The van der Waals surface area contributed by atoms with Gasteiger partial charge in [0.1, 0.15) is 0 Å². The SMILES string of the molecule is CCCC(CCO)CNC(C)C(=O)NC(=O)NC. The number of hydrogen-bond acceptors (Lipinski definition) is 4. The summed E-state index contributed by atoms with van der Waals surface area (Å²) >= 11 is 0. The van der Waals surface area contributed by atoms with Crippen LogP contribution in [0.4, 0.5) is 4.79 Å². The average Bonchev–Trinajstić information content (AvgIpc) is 2.35. The molecule has 0 fully saturated rings. The molecule has 0 bridgehead atoms. The maximum absolute atomic E-state index is 11.6. The van der Waals surface area contributed by atoms with Crippen molar-refractivity contribution in [3.05, 3.63) is 0 Å². The lowest BCUT2D eigenvalue weighted by Gasteiger charge is -2.19. The van der Waals surface area contributed by atoms with Crippen LogP contribution >= 0.6 is 0 Å².